The van der Waals surface area contributed by atoms with Crippen molar-refractivity contribution in [2.75, 3.05) is 7.11 Å². The van der Waals surface area contributed by atoms with Crippen LogP contribution in [0.3, 0.4) is 0 Å². The summed E-state index contributed by atoms with van der Waals surface area (Å²) in [6.07, 6.45) is 0. The van der Waals surface area contributed by atoms with Crippen LogP contribution < -0.4 is 4.74 Å². The number of amides is 1. The van der Waals surface area contributed by atoms with Crippen molar-refractivity contribution in [1.82, 2.24) is 4.90 Å². The van der Waals surface area contributed by atoms with Crippen molar-refractivity contribution in [1.29, 1.82) is 0 Å². The van der Waals surface area contributed by atoms with Crippen LogP contribution in [0.1, 0.15) is 28.3 Å². The minimum Gasteiger partial charge on any atom is -0.507 e. The first kappa shape index (κ1) is 21.7. The van der Waals surface area contributed by atoms with Gasteiger partial charge in [-0.15, -0.1) is 0 Å². The van der Waals surface area contributed by atoms with E-state index in [2.05, 4.69) is 0 Å². The Balaban J connectivity index is 1.87. The van der Waals surface area contributed by atoms with Crippen LogP contribution >= 0.6 is 11.6 Å². The molecule has 0 aliphatic carbocycles. The lowest BCUT2D eigenvalue weighted by molar-refractivity contribution is -0.140. The summed E-state index contributed by atoms with van der Waals surface area (Å²) < 4.78 is 5.44. The second-order valence-corrected chi connectivity index (χ2v) is 8.10. The SMILES string of the molecule is COc1ccccc1CN1C(=O)C(=O)/C(=C(\O)c2ccc(Cl)cc2)C1c1cccc(C)c1. The number of para-hydroxylation sites is 1. The Bertz CT molecular complexity index is 1220. The number of methoxy groups -OCH3 is 1. The van der Waals surface area contributed by atoms with E-state index in [4.69, 9.17) is 16.3 Å². The van der Waals surface area contributed by atoms with Gasteiger partial charge in [0.1, 0.15) is 11.5 Å². The van der Waals surface area contributed by atoms with E-state index in [9.17, 15) is 14.7 Å². The maximum Gasteiger partial charge on any atom is 0.295 e. The zero-order valence-electron chi connectivity index (χ0n) is 17.7. The van der Waals surface area contributed by atoms with Crippen LogP contribution in [0.4, 0.5) is 0 Å². The first-order chi connectivity index (χ1) is 15.4. The number of Topliss-reactive ketones (excluding diaryl/α,β-unsaturated/α-hetero) is 1. The van der Waals surface area contributed by atoms with Crippen LogP contribution in [0.5, 0.6) is 5.75 Å². The summed E-state index contributed by atoms with van der Waals surface area (Å²) in [5, 5.41) is 11.6. The van der Waals surface area contributed by atoms with Gasteiger partial charge in [0.25, 0.3) is 11.7 Å². The Kier molecular flexibility index (Phi) is 6.01. The van der Waals surface area contributed by atoms with Gasteiger partial charge in [0.05, 0.1) is 25.3 Å². The third kappa shape index (κ3) is 3.99. The number of aryl methyl sites for hydroxylation is 1. The molecule has 3 aromatic rings. The van der Waals surface area contributed by atoms with Gasteiger partial charge in [-0.25, -0.2) is 0 Å². The highest BCUT2D eigenvalue weighted by molar-refractivity contribution is 6.46. The number of rotatable bonds is 5. The van der Waals surface area contributed by atoms with E-state index in [1.165, 1.54) is 4.90 Å². The predicted molar refractivity (Wildman–Crippen MR) is 123 cm³/mol. The maximum absolute atomic E-state index is 13.1. The Hall–Kier alpha value is -3.57. The van der Waals surface area contributed by atoms with Gasteiger partial charge in [0.15, 0.2) is 0 Å². The van der Waals surface area contributed by atoms with Crippen molar-refractivity contribution in [3.8, 4) is 5.75 Å². The van der Waals surface area contributed by atoms with Gasteiger partial charge < -0.3 is 14.7 Å². The molecule has 1 fully saturated rings. The zero-order valence-corrected chi connectivity index (χ0v) is 18.5. The third-order valence-electron chi connectivity index (χ3n) is 5.55. The first-order valence-electron chi connectivity index (χ1n) is 10.1. The number of ketones is 1. The van der Waals surface area contributed by atoms with Gasteiger partial charge in [-0.2, -0.15) is 0 Å². The molecule has 3 aromatic carbocycles. The number of likely N-dealkylation sites (tertiary alicyclic amines) is 1. The lowest BCUT2D eigenvalue weighted by Crippen LogP contribution is -2.29. The van der Waals surface area contributed by atoms with Crippen molar-refractivity contribution in [2.24, 2.45) is 0 Å². The monoisotopic (exact) mass is 447 g/mol. The Labute approximate surface area is 191 Å². The van der Waals surface area contributed by atoms with Crippen LogP contribution in [0.15, 0.2) is 78.4 Å². The van der Waals surface area contributed by atoms with E-state index in [0.29, 0.717) is 16.3 Å². The minimum absolute atomic E-state index is 0.0535. The molecule has 1 atom stereocenters. The molecule has 1 amide bonds. The molecule has 1 aliphatic rings. The number of carbonyl (C=O) groups excluding carboxylic acids is 2. The standard InChI is InChI=1S/C26H22ClNO4/c1-16-6-5-8-18(14-16)23-22(24(29)17-10-12-20(27)13-11-17)25(30)26(31)28(23)15-19-7-3-4-9-21(19)32-2/h3-14,23,29H,15H2,1-2H3/b24-22-. The number of hydrogen-bond donors (Lipinski definition) is 1. The van der Waals surface area contributed by atoms with Crippen LogP contribution in [0.2, 0.25) is 5.02 Å². The van der Waals surface area contributed by atoms with Gasteiger partial charge in [-0.1, -0.05) is 59.6 Å². The van der Waals surface area contributed by atoms with E-state index < -0.39 is 17.7 Å². The fraction of sp³-hybridized carbons (Fsp3) is 0.154. The summed E-state index contributed by atoms with van der Waals surface area (Å²) in [7, 11) is 1.56. The Morgan fingerprint density at radius 3 is 2.44 bits per heavy atom. The second-order valence-electron chi connectivity index (χ2n) is 7.66. The lowest BCUT2D eigenvalue weighted by atomic mass is 9.94. The number of carbonyl (C=O) groups is 2. The average molecular weight is 448 g/mol. The van der Waals surface area contributed by atoms with Crippen LogP contribution in [0.25, 0.3) is 5.76 Å². The molecule has 1 unspecified atom stereocenters. The highest BCUT2D eigenvalue weighted by atomic mass is 35.5. The van der Waals surface area contributed by atoms with Crippen LogP contribution in [-0.2, 0) is 16.1 Å². The molecule has 4 rings (SSSR count). The third-order valence-corrected chi connectivity index (χ3v) is 5.80. The molecule has 162 valence electrons. The fourth-order valence-corrected chi connectivity index (χ4v) is 4.14. The van der Waals surface area contributed by atoms with Gasteiger partial charge in [0, 0.05) is 16.1 Å². The van der Waals surface area contributed by atoms with Crippen molar-refractivity contribution in [2.45, 2.75) is 19.5 Å². The number of nitrogens with zero attached hydrogens (tertiary/aromatic N) is 1. The smallest absolute Gasteiger partial charge is 0.295 e. The number of aliphatic hydroxyl groups excluding tert-OH is 1. The summed E-state index contributed by atoms with van der Waals surface area (Å²) in [5.41, 5.74) is 2.97. The van der Waals surface area contributed by atoms with E-state index >= 15 is 0 Å². The number of aliphatic hydroxyl groups is 1. The van der Waals surface area contributed by atoms with Crippen LogP contribution in [-0.4, -0.2) is 28.8 Å². The number of benzene rings is 3. The van der Waals surface area contributed by atoms with Crippen LogP contribution in [0, 0.1) is 6.92 Å². The van der Waals surface area contributed by atoms with Crippen molar-refractivity contribution in [3.05, 3.63) is 106 Å². The van der Waals surface area contributed by atoms with Crippen molar-refractivity contribution < 1.29 is 19.4 Å². The molecule has 0 saturated carbocycles. The fourth-order valence-electron chi connectivity index (χ4n) is 4.01. The topological polar surface area (TPSA) is 66.8 Å². The maximum atomic E-state index is 13.1. The minimum atomic E-state index is -0.740. The van der Waals surface area contributed by atoms with Gasteiger partial charge in [0.2, 0.25) is 0 Å². The molecule has 1 saturated heterocycles. The average Bonchev–Trinajstić information content (AvgIpc) is 3.04. The molecule has 0 radical (unpaired) electrons. The molecule has 32 heavy (non-hydrogen) atoms. The van der Waals surface area contributed by atoms with E-state index in [1.807, 2.05) is 49.4 Å². The second kappa shape index (κ2) is 8.89. The zero-order chi connectivity index (χ0) is 22.8. The van der Waals surface area contributed by atoms with E-state index in [0.717, 1.165) is 16.7 Å². The van der Waals surface area contributed by atoms with Crippen molar-refractivity contribution in [3.63, 3.8) is 0 Å². The molecule has 1 heterocycles. The molecule has 1 N–H and O–H groups in total. The number of halogens is 1. The van der Waals surface area contributed by atoms with Gasteiger partial charge in [-0.05, 0) is 42.8 Å². The lowest BCUT2D eigenvalue weighted by Gasteiger charge is -2.26. The van der Waals surface area contributed by atoms with Gasteiger partial charge >= 0.3 is 0 Å². The summed E-state index contributed by atoms with van der Waals surface area (Å²) in [6.45, 7) is 2.10. The summed E-state index contributed by atoms with van der Waals surface area (Å²) in [5.74, 6) is -0.999. The molecular formula is C26H22ClNO4. The Morgan fingerprint density at radius 1 is 1.03 bits per heavy atom. The molecule has 0 bridgehead atoms. The molecule has 1 aliphatic heterocycles. The largest absolute Gasteiger partial charge is 0.507 e. The highest BCUT2D eigenvalue weighted by Crippen LogP contribution is 2.41. The number of hydrogen-bond acceptors (Lipinski definition) is 4. The quantitative estimate of drug-likeness (QED) is 0.328. The van der Waals surface area contributed by atoms with Gasteiger partial charge in [-0.3, -0.25) is 9.59 Å². The normalized spacial score (nSPS) is 17.6. The summed E-state index contributed by atoms with van der Waals surface area (Å²) in [4.78, 5) is 27.8. The molecule has 0 spiro atoms. The molecule has 5 nitrogen and oxygen atoms in total. The molecule has 6 heteroatoms. The van der Waals surface area contributed by atoms with Crippen molar-refractivity contribution >= 4 is 29.1 Å². The first-order valence-corrected chi connectivity index (χ1v) is 10.5. The highest BCUT2D eigenvalue weighted by Gasteiger charge is 2.46. The summed E-state index contributed by atoms with van der Waals surface area (Å²) >= 11 is 5.97. The summed E-state index contributed by atoms with van der Waals surface area (Å²) in [6, 6.07) is 20.7. The Morgan fingerprint density at radius 2 is 1.75 bits per heavy atom. The number of ether oxygens (including phenoxy) is 1. The van der Waals surface area contributed by atoms with E-state index in [1.54, 1.807) is 37.4 Å². The molecule has 0 aromatic heterocycles. The molecular weight excluding hydrogens is 426 g/mol. The van der Waals surface area contributed by atoms with E-state index in [-0.39, 0.29) is 17.9 Å². The predicted octanol–water partition coefficient (Wildman–Crippen LogP) is 5.28.